The molecule has 2 amide bonds. The molecule has 0 saturated carbocycles. The molecule has 0 aliphatic carbocycles. The zero-order valence-electron chi connectivity index (χ0n) is 11.4. The molecule has 1 rings (SSSR count). The smallest absolute Gasteiger partial charge is 0.226 e. The van der Waals surface area contributed by atoms with Crippen LogP contribution in [0.3, 0.4) is 0 Å². The third-order valence-corrected chi connectivity index (χ3v) is 2.84. The van der Waals surface area contributed by atoms with Crippen LogP contribution < -0.4 is 10.6 Å². The summed E-state index contributed by atoms with van der Waals surface area (Å²) >= 11 is 6.02. The number of carbonyl (C=O) groups excluding carboxylic acids is 2. The van der Waals surface area contributed by atoms with E-state index in [-0.39, 0.29) is 17.7 Å². The Morgan fingerprint density at radius 1 is 1.26 bits per heavy atom. The van der Waals surface area contributed by atoms with Crippen molar-refractivity contribution in [1.82, 2.24) is 0 Å². The maximum Gasteiger partial charge on any atom is 0.226 e. The second kappa shape index (κ2) is 7.14. The lowest BCUT2D eigenvalue weighted by Crippen LogP contribution is -2.18. The summed E-state index contributed by atoms with van der Waals surface area (Å²) in [6.45, 7) is 5.54. The van der Waals surface area contributed by atoms with E-state index in [9.17, 15) is 9.59 Å². The number of carbonyl (C=O) groups is 2. The summed E-state index contributed by atoms with van der Waals surface area (Å²) < 4.78 is 0. The highest BCUT2D eigenvalue weighted by molar-refractivity contribution is 6.33. The van der Waals surface area contributed by atoms with Crippen molar-refractivity contribution in [3.63, 3.8) is 0 Å². The quantitative estimate of drug-likeness (QED) is 0.865. The van der Waals surface area contributed by atoms with E-state index in [4.69, 9.17) is 11.6 Å². The van der Waals surface area contributed by atoms with Crippen molar-refractivity contribution >= 4 is 34.8 Å². The lowest BCUT2D eigenvalue weighted by molar-refractivity contribution is -0.119. The first kappa shape index (κ1) is 15.5. The minimum absolute atomic E-state index is 0.0500. The van der Waals surface area contributed by atoms with Gasteiger partial charge in [0.2, 0.25) is 11.8 Å². The Bertz CT molecular complexity index is 473. The highest BCUT2D eigenvalue weighted by Gasteiger charge is 2.10. The maximum absolute atomic E-state index is 11.6. The van der Waals surface area contributed by atoms with Crippen LogP contribution in [0.15, 0.2) is 18.2 Å². The monoisotopic (exact) mass is 282 g/mol. The highest BCUT2D eigenvalue weighted by atomic mass is 35.5. The van der Waals surface area contributed by atoms with E-state index >= 15 is 0 Å². The lowest BCUT2D eigenvalue weighted by Gasteiger charge is -2.11. The minimum atomic E-state index is -0.130. The predicted octanol–water partition coefficient (Wildman–Crippen LogP) is 3.67. The van der Waals surface area contributed by atoms with Crippen molar-refractivity contribution < 1.29 is 9.59 Å². The molecule has 0 aliphatic heterocycles. The van der Waals surface area contributed by atoms with E-state index in [2.05, 4.69) is 10.6 Å². The molecule has 0 spiro atoms. The topological polar surface area (TPSA) is 58.2 Å². The number of halogens is 1. The normalized spacial score (nSPS) is 10.4. The third kappa shape index (κ3) is 4.91. The Morgan fingerprint density at radius 3 is 2.53 bits per heavy atom. The molecule has 0 saturated heterocycles. The summed E-state index contributed by atoms with van der Waals surface area (Å²) in [7, 11) is 0. The van der Waals surface area contributed by atoms with Crippen LogP contribution in [0, 0.1) is 5.92 Å². The fourth-order valence-electron chi connectivity index (χ4n) is 1.43. The van der Waals surface area contributed by atoms with Gasteiger partial charge in [-0.05, 0) is 24.6 Å². The molecule has 0 unspecified atom stereocenters. The molecule has 104 valence electrons. The van der Waals surface area contributed by atoms with Gasteiger partial charge in [0.05, 0.1) is 10.7 Å². The molecule has 19 heavy (non-hydrogen) atoms. The molecule has 0 atom stereocenters. The summed E-state index contributed by atoms with van der Waals surface area (Å²) in [5.41, 5.74) is 1.14. The van der Waals surface area contributed by atoms with Gasteiger partial charge < -0.3 is 10.6 Å². The molecular weight excluding hydrogens is 264 g/mol. The van der Waals surface area contributed by atoms with Gasteiger partial charge in [-0.15, -0.1) is 0 Å². The molecular formula is C14H19ClN2O2. The van der Waals surface area contributed by atoms with Crippen molar-refractivity contribution in [2.24, 2.45) is 5.92 Å². The van der Waals surface area contributed by atoms with Crippen LogP contribution in [0.2, 0.25) is 5.02 Å². The fourth-order valence-corrected chi connectivity index (χ4v) is 1.59. The fraction of sp³-hybridized carbons (Fsp3) is 0.429. The Balaban J connectivity index is 2.82. The molecule has 0 aliphatic rings. The van der Waals surface area contributed by atoms with Crippen LogP contribution in [0.4, 0.5) is 11.4 Å². The summed E-state index contributed by atoms with van der Waals surface area (Å²) in [4.78, 5) is 23.2. The van der Waals surface area contributed by atoms with E-state index < -0.39 is 0 Å². The number of hydrogen-bond donors (Lipinski definition) is 2. The standard InChI is InChI=1S/C14H19ClN2O2/c1-4-5-13(18)16-10-6-7-11(15)12(8-10)17-14(19)9(2)3/h6-9H,4-5H2,1-3H3,(H,16,18)(H,17,19). The number of amides is 2. The largest absolute Gasteiger partial charge is 0.326 e. The number of nitrogens with one attached hydrogen (secondary N) is 2. The van der Waals surface area contributed by atoms with Gasteiger partial charge in [0.25, 0.3) is 0 Å². The van der Waals surface area contributed by atoms with Crippen LogP contribution in [-0.4, -0.2) is 11.8 Å². The zero-order chi connectivity index (χ0) is 14.4. The molecule has 2 N–H and O–H groups in total. The SMILES string of the molecule is CCCC(=O)Nc1ccc(Cl)c(NC(=O)C(C)C)c1. The van der Waals surface area contributed by atoms with Gasteiger partial charge in [-0.25, -0.2) is 0 Å². The van der Waals surface area contributed by atoms with Gasteiger partial charge in [0.15, 0.2) is 0 Å². The first-order valence-electron chi connectivity index (χ1n) is 6.34. The molecule has 5 heteroatoms. The van der Waals surface area contributed by atoms with E-state index in [0.717, 1.165) is 6.42 Å². The Morgan fingerprint density at radius 2 is 1.95 bits per heavy atom. The number of rotatable bonds is 5. The van der Waals surface area contributed by atoms with Crippen LogP contribution in [0.1, 0.15) is 33.6 Å². The zero-order valence-corrected chi connectivity index (χ0v) is 12.2. The van der Waals surface area contributed by atoms with E-state index in [1.54, 1.807) is 32.0 Å². The van der Waals surface area contributed by atoms with Gasteiger partial charge in [0.1, 0.15) is 0 Å². The van der Waals surface area contributed by atoms with Crippen LogP contribution in [0.25, 0.3) is 0 Å². The van der Waals surface area contributed by atoms with E-state index in [1.165, 1.54) is 0 Å². The lowest BCUT2D eigenvalue weighted by atomic mass is 10.2. The van der Waals surface area contributed by atoms with E-state index in [1.807, 2.05) is 6.92 Å². The number of benzene rings is 1. The molecule has 1 aromatic rings. The van der Waals surface area contributed by atoms with Gasteiger partial charge in [0, 0.05) is 18.0 Å². The number of anilines is 2. The molecule has 0 fully saturated rings. The summed E-state index contributed by atoms with van der Waals surface area (Å²) in [5.74, 6) is -0.292. The second-order valence-electron chi connectivity index (χ2n) is 4.64. The van der Waals surface area contributed by atoms with Crippen molar-refractivity contribution in [2.45, 2.75) is 33.6 Å². The van der Waals surface area contributed by atoms with Gasteiger partial charge in [-0.3, -0.25) is 9.59 Å². The molecule has 1 aromatic carbocycles. The summed E-state index contributed by atoms with van der Waals surface area (Å²) in [5, 5.41) is 5.94. The van der Waals surface area contributed by atoms with Crippen molar-refractivity contribution in [3.05, 3.63) is 23.2 Å². The number of hydrogen-bond acceptors (Lipinski definition) is 2. The third-order valence-electron chi connectivity index (χ3n) is 2.51. The Labute approximate surface area is 118 Å². The van der Waals surface area contributed by atoms with Crippen molar-refractivity contribution in [2.75, 3.05) is 10.6 Å². The van der Waals surface area contributed by atoms with Gasteiger partial charge in [-0.1, -0.05) is 32.4 Å². The first-order chi connectivity index (χ1) is 8.93. The minimum Gasteiger partial charge on any atom is -0.326 e. The summed E-state index contributed by atoms with van der Waals surface area (Å²) in [6.07, 6.45) is 1.26. The van der Waals surface area contributed by atoms with Crippen LogP contribution >= 0.6 is 11.6 Å². The van der Waals surface area contributed by atoms with Crippen molar-refractivity contribution in [3.8, 4) is 0 Å². The maximum atomic E-state index is 11.6. The van der Waals surface area contributed by atoms with Crippen molar-refractivity contribution in [1.29, 1.82) is 0 Å². The first-order valence-corrected chi connectivity index (χ1v) is 6.72. The molecule has 0 heterocycles. The molecule has 0 aromatic heterocycles. The average molecular weight is 283 g/mol. The van der Waals surface area contributed by atoms with Gasteiger partial charge >= 0.3 is 0 Å². The predicted molar refractivity (Wildman–Crippen MR) is 78.5 cm³/mol. The van der Waals surface area contributed by atoms with Gasteiger partial charge in [-0.2, -0.15) is 0 Å². The van der Waals surface area contributed by atoms with Crippen LogP contribution in [-0.2, 0) is 9.59 Å². The molecule has 0 radical (unpaired) electrons. The van der Waals surface area contributed by atoms with Crippen LogP contribution in [0.5, 0.6) is 0 Å². The average Bonchev–Trinajstić information content (AvgIpc) is 2.33. The molecule has 0 bridgehead atoms. The van der Waals surface area contributed by atoms with E-state index in [0.29, 0.717) is 22.8 Å². The Kier molecular flexibility index (Phi) is 5.83. The Hall–Kier alpha value is -1.55. The summed E-state index contributed by atoms with van der Waals surface area (Å²) in [6, 6.07) is 5.02. The second-order valence-corrected chi connectivity index (χ2v) is 5.04. The molecule has 4 nitrogen and oxygen atoms in total. The highest BCUT2D eigenvalue weighted by Crippen LogP contribution is 2.26.